The van der Waals surface area contributed by atoms with Gasteiger partial charge in [0.05, 0.1) is 11.9 Å². The lowest BCUT2D eigenvalue weighted by molar-refractivity contribution is -0.136. The minimum Gasteiger partial charge on any atom is -0.322 e. The van der Waals surface area contributed by atoms with Crippen molar-refractivity contribution in [3.8, 4) is 22.4 Å². The van der Waals surface area contributed by atoms with Crippen LogP contribution in [-0.4, -0.2) is 38.4 Å². The maximum Gasteiger partial charge on any atom is 0.255 e. The average Bonchev–Trinajstić information content (AvgIpc) is 3.50. The molecule has 7 nitrogen and oxygen atoms in total. The highest BCUT2D eigenvalue weighted by Gasteiger charge is 2.39. The molecule has 0 aliphatic carbocycles. The van der Waals surface area contributed by atoms with Crippen molar-refractivity contribution in [2.24, 2.45) is 7.05 Å². The predicted molar refractivity (Wildman–Crippen MR) is 126 cm³/mol. The van der Waals surface area contributed by atoms with Gasteiger partial charge in [0.2, 0.25) is 11.8 Å². The Morgan fingerprint density at radius 3 is 2.73 bits per heavy atom. The van der Waals surface area contributed by atoms with Crippen molar-refractivity contribution in [3.63, 3.8) is 0 Å². The summed E-state index contributed by atoms with van der Waals surface area (Å²) in [6.45, 7) is 0.352. The van der Waals surface area contributed by atoms with E-state index in [0.29, 0.717) is 18.5 Å². The van der Waals surface area contributed by atoms with Gasteiger partial charge in [0, 0.05) is 41.4 Å². The Hall–Kier alpha value is -3.78. The van der Waals surface area contributed by atoms with Gasteiger partial charge in [-0.1, -0.05) is 12.1 Å². The van der Waals surface area contributed by atoms with Crippen LogP contribution >= 0.6 is 11.3 Å². The Kier molecular flexibility index (Phi) is 4.45. The van der Waals surface area contributed by atoms with E-state index in [1.54, 1.807) is 16.2 Å². The number of carbonyl (C=O) groups is 3. The van der Waals surface area contributed by atoms with Gasteiger partial charge in [-0.25, -0.2) is 0 Å². The van der Waals surface area contributed by atoms with Gasteiger partial charge >= 0.3 is 0 Å². The van der Waals surface area contributed by atoms with E-state index in [1.165, 1.54) is 10.1 Å². The molecule has 33 heavy (non-hydrogen) atoms. The monoisotopic (exact) mass is 456 g/mol. The Bertz CT molecular complexity index is 1470. The number of hydrogen-bond acceptors (Lipinski definition) is 5. The molecule has 1 N–H and O–H groups in total. The minimum absolute atomic E-state index is 0.166. The number of amides is 3. The highest BCUT2D eigenvalue weighted by Crippen LogP contribution is 2.37. The number of aromatic nitrogens is 2. The van der Waals surface area contributed by atoms with Crippen LogP contribution in [-0.2, 0) is 23.2 Å². The number of nitrogens with zero attached hydrogens (tertiary/aromatic N) is 3. The van der Waals surface area contributed by atoms with Crippen LogP contribution in [0.3, 0.4) is 0 Å². The van der Waals surface area contributed by atoms with Crippen LogP contribution in [0.15, 0.2) is 54.0 Å². The standard InChI is InChI=1S/C25H20N4O3S/c1-28-23(16-3-6-21-15(11-16)8-9-33-21)19(12-26-28)14-2-4-18-17(10-14)13-29(25(18)32)20-5-7-22(30)27-24(20)31/h2-4,6,8-12,20H,5,7,13H2,1H3,(H,27,30,31)/t20-/m0/s1. The molecule has 1 saturated heterocycles. The fourth-order valence-electron chi connectivity index (χ4n) is 4.85. The maximum absolute atomic E-state index is 13.0. The van der Waals surface area contributed by atoms with Crippen molar-refractivity contribution in [1.29, 1.82) is 0 Å². The SMILES string of the molecule is Cn1ncc(-c2ccc3c(c2)CN([C@H]2CCC(=O)NC2=O)C3=O)c1-c1ccc2sccc2c1. The van der Waals surface area contributed by atoms with Gasteiger partial charge in [-0.2, -0.15) is 5.10 Å². The van der Waals surface area contributed by atoms with Crippen LogP contribution < -0.4 is 5.32 Å². The summed E-state index contributed by atoms with van der Waals surface area (Å²) in [4.78, 5) is 38.4. The van der Waals surface area contributed by atoms with Gasteiger partial charge < -0.3 is 4.90 Å². The van der Waals surface area contributed by atoms with Gasteiger partial charge in [0.1, 0.15) is 6.04 Å². The molecule has 1 atom stereocenters. The number of piperidine rings is 1. The number of aryl methyl sites for hydroxylation is 1. The van der Waals surface area contributed by atoms with Crippen molar-refractivity contribution in [1.82, 2.24) is 20.0 Å². The third kappa shape index (κ3) is 3.17. The minimum atomic E-state index is -0.614. The fraction of sp³-hybridized carbons (Fsp3) is 0.200. The number of hydrogen-bond donors (Lipinski definition) is 1. The second kappa shape index (κ2) is 7.38. The predicted octanol–water partition coefficient (Wildman–Crippen LogP) is 3.73. The summed E-state index contributed by atoms with van der Waals surface area (Å²) in [5, 5.41) is 10.1. The molecule has 0 saturated carbocycles. The van der Waals surface area contributed by atoms with E-state index in [0.717, 1.165) is 27.9 Å². The second-order valence-corrected chi connectivity index (χ2v) is 9.42. The molecular formula is C25H20N4O3S. The summed E-state index contributed by atoms with van der Waals surface area (Å²) in [5.41, 5.74) is 5.54. The largest absolute Gasteiger partial charge is 0.322 e. The zero-order valence-corrected chi connectivity index (χ0v) is 18.7. The summed E-state index contributed by atoms with van der Waals surface area (Å²) in [6, 6.07) is 13.7. The van der Waals surface area contributed by atoms with Crippen LogP contribution in [0.1, 0.15) is 28.8 Å². The third-order valence-electron chi connectivity index (χ3n) is 6.50. The Morgan fingerprint density at radius 2 is 1.88 bits per heavy atom. The molecule has 6 rings (SSSR count). The van der Waals surface area contributed by atoms with Crippen LogP contribution in [0, 0.1) is 0 Å². The Balaban J connectivity index is 1.36. The first-order chi connectivity index (χ1) is 16.0. The smallest absolute Gasteiger partial charge is 0.255 e. The number of nitrogens with one attached hydrogen (secondary N) is 1. The Morgan fingerprint density at radius 1 is 1.03 bits per heavy atom. The van der Waals surface area contributed by atoms with Crippen molar-refractivity contribution >= 4 is 39.1 Å². The van der Waals surface area contributed by atoms with Crippen molar-refractivity contribution in [2.75, 3.05) is 0 Å². The zero-order chi connectivity index (χ0) is 22.7. The summed E-state index contributed by atoms with van der Waals surface area (Å²) in [5.74, 6) is -0.848. The van der Waals surface area contributed by atoms with E-state index in [2.05, 4.69) is 40.1 Å². The molecule has 2 aromatic heterocycles. The lowest BCUT2D eigenvalue weighted by Gasteiger charge is -2.29. The van der Waals surface area contributed by atoms with E-state index in [4.69, 9.17) is 0 Å². The van der Waals surface area contributed by atoms with Gasteiger partial charge in [0.15, 0.2) is 0 Å². The number of fused-ring (bicyclic) bond motifs is 2. The topological polar surface area (TPSA) is 84.3 Å². The molecule has 0 bridgehead atoms. The van der Waals surface area contributed by atoms with Gasteiger partial charge in [-0.15, -0.1) is 11.3 Å². The van der Waals surface area contributed by atoms with E-state index < -0.39 is 11.9 Å². The lowest BCUT2D eigenvalue weighted by Crippen LogP contribution is -2.52. The molecule has 3 amide bonds. The number of carbonyl (C=O) groups excluding carboxylic acids is 3. The molecule has 0 unspecified atom stereocenters. The molecule has 2 aliphatic rings. The van der Waals surface area contributed by atoms with E-state index >= 15 is 0 Å². The molecular weight excluding hydrogens is 436 g/mol. The summed E-state index contributed by atoms with van der Waals surface area (Å²) in [7, 11) is 1.93. The van der Waals surface area contributed by atoms with Crippen molar-refractivity contribution < 1.29 is 14.4 Å². The molecule has 0 radical (unpaired) electrons. The summed E-state index contributed by atoms with van der Waals surface area (Å²) in [6.07, 6.45) is 2.45. The number of imide groups is 1. The van der Waals surface area contributed by atoms with Crippen molar-refractivity contribution in [3.05, 3.63) is 65.2 Å². The van der Waals surface area contributed by atoms with E-state index in [1.807, 2.05) is 36.1 Å². The Labute approximate surface area is 193 Å². The summed E-state index contributed by atoms with van der Waals surface area (Å²) >= 11 is 1.72. The van der Waals surface area contributed by atoms with E-state index in [9.17, 15) is 14.4 Å². The van der Waals surface area contributed by atoms with Crippen molar-refractivity contribution in [2.45, 2.75) is 25.4 Å². The lowest BCUT2D eigenvalue weighted by atomic mass is 9.98. The molecule has 0 spiro atoms. The highest BCUT2D eigenvalue weighted by molar-refractivity contribution is 7.17. The first-order valence-corrected chi connectivity index (χ1v) is 11.6. The zero-order valence-electron chi connectivity index (χ0n) is 17.9. The highest BCUT2D eigenvalue weighted by atomic mass is 32.1. The fourth-order valence-corrected chi connectivity index (χ4v) is 5.62. The third-order valence-corrected chi connectivity index (χ3v) is 7.40. The molecule has 8 heteroatoms. The molecule has 1 fully saturated rings. The molecule has 4 heterocycles. The second-order valence-electron chi connectivity index (χ2n) is 8.48. The van der Waals surface area contributed by atoms with Gasteiger partial charge in [-0.3, -0.25) is 24.4 Å². The number of thiophene rings is 1. The summed E-state index contributed by atoms with van der Waals surface area (Å²) < 4.78 is 3.11. The molecule has 2 aromatic carbocycles. The average molecular weight is 457 g/mol. The number of rotatable bonds is 3. The van der Waals surface area contributed by atoms with Crippen LogP contribution in [0.5, 0.6) is 0 Å². The molecule has 2 aliphatic heterocycles. The number of benzene rings is 2. The molecule has 4 aromatic rings. The van der Waals surface area contributed by atoms with E-state index in [-0.39, 0.29) is 18.2 Å². The van der Waals surface area contributed by atoms with Gasteiger partial charge in [0.25, 0.3) is 5.91 Å². The first-order valence-electron chi connectivity index (χ1n) is 10.8. The quantitative estimate of drug-likeness (QED) is 0.476. The maximum atomic E-state index is 13.0. The first kappa shape index (κ1) is 19.9. The molecule has 164 valence electrons. The van der Waals surface area contributed by atoms with Crippen LogP contribution in [0.4, 0.5) is 0 Å². The van der Waals surface area contributed by atoms with Gasteiger partial charge in [-0.05, 0) is 58.6 Å². The normalized spacial score (nSPS) is 18.2. The van der Waals surface area contributed by atoms with Crippen LogP contribution in [0.2, 0.25) is 0 Å². The van der Waals surface area contributed by atoms with Crippen LogP contribution in [0.25, 0.3) is 32.5 Å².